The monoisotopic (exact) mass is 622 g/mol. The third-order valence-corrected chi connectivity index (χ3v) is 10.2. The number of aliphatic imine (C=N–C) groups is 1. The van der Waals surface area contributed by atoms with Crippen molar-refractivity contribution in [3.05, 3.63) is 35.4 Å². The molecule has 1 spiro atoms. The number of ether oxygens (including phenoxy) is 2. The minimum atomic E-state index is -0.709. The summed E-state index contributed by atoms with van der Waals surface area (Å²) in [5.74, 6) is 7.38. The molecule has 7 N–H and O–H groups in total. The van der Waals surface area contributed by atoms with Crippen molar-refractivity contribution in [3.8, 4) is 23.3 Å². The van der Waals surface area contributed by atoms with Crippen LogP contribution in [0.15, 0.2) is 29.3 Å². The quantitative estimate of drug-likeness (QED) is 0.0980. The number of aliphatic hydroxyl groups excluding tert-OH is 2. The van der Waals surface area contributed by atoms with E-state index in [1.807, 2.05) is 6.07 Å². The second kappa shape index (κ2) is 14.9. The number of aromatic hydroxyl groups is 1. The lowest BCUT2D eigenvalue weighted by Crippen LogP contribution is -2.50. The van der Waals surface area contributed by atoms with Crippen LogP contribution in [-0.4, -0.2) is 71.2 Å². The molecule has 0 saturated carbocycles. The first-order valence-corrected chi connectivity index (χ1v) is 16.6. The van der Waals surface area contributed by atoms with Crippen LogP contribution >= 0.6 is 0 Å². The Labute approximate surface area is 266 Å². The summed E-state index contributed by atoms with van der Waals surface area (Å²) in [6.07, 6.45) is 10.8. The van der Waals surface area contributed by atoms with Crippen LogP contribution in [0.4, 0.5) is 0 Å². The fourth-order valence-corrected chi connectivity index (χ4v) is 7.70. The SMILES string of the molecule is CN=C(N)N[C@H]1C=CCC[C@]12C#C[C@H]1CCC[C@@H]3C[C@H](CCN3)Oc3cc(c(CO)cc3O)C[C@@H]1[C@@H](OC(C)=O)C[C@@H](O)CC2. The average Bonchev–Trinajstić information content (AvgIpc) is 3.02. The molecular formula is C35H50N4O6. The fourth-order valence-electron chi connectivity index (χ4n) is 7.70. The summed E-state index contributed by atoms with van der Waals surface area (Å²) in [6, 6.07) is 3.53. The number of benzene rings is 1. The molecule has 10 nitrogen and oxygen atoms in total. The molecule has 4 bridgehead atoms. The maximum absolute atomic E-state index is 12.5. The number of nitrogens with one attached hydrogen (secondary N) is 2. The summed E-state index contributed by atoms with van der Waals surface area (Å²) < 4.78 is 12.4. The second-order valence-corrected chi connectivity index (χ2v) is 13.3. The molecule has 246 valence electrons. The number of guanidine groups is 1. The lowest BCUT2D eigenvalue weighted by atomic mass is 9.68. The van der Waals surface area contributed by atoms with E-state index in [0.29, 0.717) is 36.5 Å². The van der Waals surface area contributed by atoms with Crippen molar-refractivity contribution >= 4 is 11.9 Å². The molecule has 8 atom stereocenters. The Morgan fingerprint density at radius 2 is 2.09 bits per heavy atom. The summed E-state index contributed by atoms with van der Waals surface area (Å²) in [5.41, 5.74) is 7.09. The molecule has 45 heavy (non-hydrogen) atoms. The average molecular weight is 623 g/mol. The summed E-state index contributed by atoms with van der Waals surface area (Å²) in [7, 11) is 1.65. The van der Waals surface area contributed by atoms with Gasteiger partial charge in [-0.3, -0.25) is 9.79 Å². The Balaban J connectivity index is 1.62. The highest BCUT2D eigenvalue weighted by Crippen LogP contribution is 2.42. The summed E-state index contributed by atoms with van der Waals surface area (Å²) >= 11 is 0. The van der Waals surface area contributed by atoms with Gasteiger partial charge in [0.1, 0.15) is 12.2 Å². The maximum atomic E-state index is 12.5. The number of allylic oxidation sites excluding steroid dienone is 1. The first-order chi connectivity index (χ1) is 21.7. The second-order valence-electron chi connectivity index (χ2n) is 13.3. The number of rotatable bonds is 3. The zero-order valence-electron chi connectivity index (χ0n) is 26.6. The third kappa shape index (κ3) is 8.13. The highest BCUT2D eigenvalue weighted by atomic mass is 16.5. The molecule has 2 aliphatic carbocycles. The number of hydrogen-bond donors (Lipinski definition) is 6. The lowest BCUT2D eigenvalue weighted by Gasteiger charge is -2.40. The van der Waals surface area contributed by atoms with Gasteiger partial charge in [0.05, 0.1) is 24.2 Å². The van der Waals surface area contributed by atoms with Crippen molar-refractivity contribution in [2.75, 3.05) is 13.6 Å². The Hall–Kier alpha value is -3.26. The molecule has 0 aromatic heterocycles. The van der Waals surface area contributed by atoms with Gasteiger partial charge >= 0.3 is 5.97 Å². The number of nitrogens with two attached hydrogens (primary N) is 1. The predicted octanol–water partition coefficient (Wildman–Crippen LogP) is 3.06. The van der Waals surface area contributed by atoms with Crippen molar-refractivity contribution < 1.29 is 29.6 Å². The van der Waals surface area contributed by atoms with Gasteiger partial charge in [0, 0.05) is 38.3 Å². The lowest BCUT2D eigenvalue weighted by molar-refractivity contribution is -0.152. The Kier molecular flexibility index (Phi) is 11.0. The van der Waals surface area contributed by atoms with Gasteiger partial charge in [-0.1, -0.05) is 30.4 Å². The number of hydrogen-bond acceptors (Lipinski definition) is 8. The molecule has 1 saturated heterocycles. The number of phenolic OH excluding ortho intramolecular Hbond substituents is 1. The maximum Gasteiger partial charge on any atom is 0.302 e. The van der Waals surface area contributed by atoms with Gasteiger partial charge in [-0.2, -0.15) is 0 Å². The number of aliphatic hydroxyl groups is 2. The van der Waals surface area contributed by atoms with E-state index in [1.54, 1.807) is 13.1 Å². The largest absolute Gasteiger partial charge is 0.504 e. The number of carbonyl (C=O) groups is 1. The van der Waals surface area contributed by atoms with E-state index in [0.717, 1.165) is 57.1 Å². The standard InChI is InChI=1S/C35H50N4O6/c1-22(41)44-31-20-27(42)10-14-35(12-4-3-8-33(35)39-34(36)37-2)13-9-23-6-5-7-26-19-28(11-15-38-26)45-32-18-24(16-29(23)31)25(21-40)17-30(32)43/h3,8,17-18,23,26-29,31,33,38,40,42-43H,4-7,10-12,14-16,19-21H2,1-2H3,(H3,36,37,39)/t23-,26-,27+,28+,29+,31+,33+,35-/m1/s1. The van der Waals surface area contributed by atoms with E-state index in [2.05, 4.69) is 39.6 Å². The number of esters is 1. The van der Waals surface area contributed by atoms with Gasteiger partial charge in [0.15, 0.2) is 17.5 Å². The van der Waals surface area contributed by atoms with Crippen LogP contribution in [0.1, 0.15) is 82.3 Å². The van der Waals surface area contributed by atoms with Gasteiger partial charge in [-0.25, -0.2) is 0 Å². The van der Waals surface area contributed by atoms with Crippen LogP contribution in [-0.2, 0) is 22.6 Å². The zero-order valence-corrected chi connectivity index (χ0v) is 26.6. The van der Waals surface area contributed by atoms with E-state index >= 15 is 0 Å². The van der Waals surface area contributed by atoms with Crippen LogP contribution in [0.3, 0.4) is 0 Å². The fraction of sp³-hybridized carbons (Fsp3) is 0.657. The summed E-state index contributed by atoms with van der Waals surface area (Å²) in [4.78, 5) is 16.6. The molecule has 2 heterocycles. The van der Waals surface area contributed by atoms with Crippen molar-refractivity contribution in [1.29, 1.82) is 0 Å². The number of fused-ring (bicyclic) bond motifs is 5. The molecule has 0 unspecified atom stereocenters. The molecule has 1 aromatic rings. The van der Waals surface area contributed by atoms with Gasteiger partial charge < -0.3 is 41.2 Å². The number of phenols is 1. The van der Waals surface area contributed by atoms with E-state index in [9.17, 15) is 20.1 Å². The first kappa shape index (κ1) is 33.1. The van der Waals surface area contributed by atoms with Gasteiger partial charge in [-0.15, -0.1) is 0 Å². The molecule has 4 aliphatic rings. The number of carbonyl (C=O) groups excluding carboxylic acids is 1. The molecular weight excluding hydrogens is 572 g/mol. The smallest absolute Gasteiger partial charge is 0.302 e. The predicted molar refractivity (Wildman–Crippen MR) is 172 cm³/mol. The Bertz CT molecular complexity index is 1320. The molecule has 0 radical (unpaired) electrons. The Morgan fingerprint density at radius 1 is 1.24 bits per heavy atom. The van der Waals surface area contributed by atoms with Crippen molar-refractivity contribution in [1.82, 2.24) is 10.6 Å². The van der Waals surface area contributed by atoms with E-state index in [-0.39, 0.29) is 48.8 Å². The minimum Gasteiger partial charge on any atom is -0.504 e. The number of piperidine rings is 1. The number of nitrogens with zero attached hydrogens (tertiary/aromatic N) is 1. The first-order valence-electron chi connectivity index (χ1n) is 16.6. The summed E-state index contributed by atoms with van der Waals surface area (Å²) in [6.45, 7) is 1.98. The molecule has 5 rings (SSSR count). The molecule has 0 amide bonds. The highest BCUT2D eigenvalue weighted by Gasteiger charge is 2.41. The minimum absolute atomic E-state index is 0.00253. The molecule has 10 heteroatoms. The van der Waals surface area contributed by atoms with Gasteiger partial charge in [0.25, 0.3) is 0 Å². The van der Waals surface area contributed by atoms with Crippen LogP contribution in [0.25, 0.3) is 0 Å². The summed E-state index contributed by atoms with van der Waals surface area (Å²) in [5, 5.41) is 39.6. The van der Waals surface area contributed by atoms with E-state index in [4.69, 9.17) is 15.2 Å². The topological polar surface area (TPSA) is 159 Å². The molecule has 2 aliphatic heterocycles. The highest BCUT2D eigenvalue weighted by molar-refractivity contribution is 5.78. The normalized spacial score (nSPS) is 34.0. The van der Waals surface area contributed by atoms with Crippen molar-refractivity contribution in [3.63, 3.8) is 0 Å². The zero-order chi connectivity index (χ0) is 32.0. The van der Waals surface area contributed by atoms with E-state index < -0.39 is 23.6 Å². The van der Waals surface area contributed by atoms with Crippen molar-refractivity contribution in [2.45, 2.75) is 115 Å². The van der Waals surface area contributed by atoms with Crippen LogP contribution in [0.5, 0.6) is 11.5 Å². The van der Waals surface area contributed by atoms with Gasteiger partial charge in [-0.05, 0) is 87.6 Å². The van der Waals surface area contributed by atoms with Gasteiger partial charge in [0.2, 0.25) is 0 Å². The molecule has 1 aromatic carbocycles. The van der Waals surface area contributed by atoms with E-state index in [1.165, 1.54) is 6.92 Å². The third-order valence-electron chi connectivity index (χ3n) is 10.2. The van der Waals surface area contributed by atoms with Crippen LogP contribution in [0.2, 0.25) is 0 Å². The van der Waals surface area contributed by atoms with Crippen LogP contribution < -0.4 is 21.1 Å². The van der Waals surface area contributed by atoms with Crippen molar-refractivity contribution in [2.24, 2.45) is 28.0 Å². The van der Waals surface area contributed by atoms with Crippen LogP contribution in [0, 0.1) is 29.1 Å². The molecule has 1 fully saturated rings. The Morgan fingerprint density at radius 3 is 2.87 bits per heavy atom.